The quantitative estimate of drug-likeness (QED) is 0.659. The van der Waals surface area contributed by atoms with E-state index in [1.165, 1.54) is 0 Å². The Morgan fingerprint density at radius 3 is 2.79 bits per heavy atom. The van der Waals surface area contributed by atoms with E-state index in [0.717, 1.165) is 25.9 Å². The first-order chi connectivity index (χ1) is 6.63. The molecule has 0 aromatic rings. The molecule has 0 aliphatic carbocycles. The third-order valence-electron chi connectivity index (χ3n) is 2.61. The molecule has 1 heterocycles. The van der Waals surface area contributed by atoms with E-state index in [9.17, 15) is 4.79 Å². The zero-order valence-corrected chi connectivity index (χ0v) is 9.34. The number of nitrogens with zero attached hydrogens (tertiary/aromatic N) is 1. The van der Waals surface area contributed by atoms with Crippen molar-refractivity contribution in [2.24, 2.45) is 0 Å². The Bertz CT molecular complexity index is 194. The second-order valence-electron chi connectivity index (χ2n) is 4.16. The summed E-state index contributed by atoms with van der Waals surface area (Å²) >= 11 is 0. The van der Waals surface area contributed by atoms with Gasteiger partial charge in [0.25, 0.3) is 0 Å². The summed E-state index contributed by atoms with van der Waals surface area (Å²) in [6, 6.07) is 0.441. The Kier molecular flexibility index (Phi) is 4.35. The van der Waals surface area contributed by atoms with Crippen LogP contribution in [0.25, 0.3) is 0 Å². The average Bonchev–Trinajstić information content (AvgIpc) is 2.16. The Morgan fingerprint density at radius 2 is 2.21 bits per heavy atom. The van der Waals surface area contributed by atoms with Crippen LogP contribution in [0.2, 0.25) is 0 Å². The third-order valence-corrected chi connectivity index (χ3v) is 2.61. The minimum atomic E-state index is 0.0101. The van der Waals surface area contributed by atoms with Crippen LogP contribution < -0.4 is 10.6 Å². The van der Waals surface area contributed by atoms with Crippen molar-refractivity contribution in [1.82, 2.24) is 15.5 Å². The molecule has 1 aliphatic rings. The number of amides is 1. The van der Waals surface area contributed by atoms with E-state index >= 15 is 0 Å². The van der Waals surface area contributed by atoms with Gasteiger partial charge in [0.2, 0.25) is 5.91 Å². The first kappa shape index (κ1) is 11.5. The molecule has 1 rings (SSSR count). The van der Waals surface area contributed by atoms with Crippen LogP contribution >= 0.6 is 0 Å². The molecule has 1 amide bonds. The normalized spacial score (nSPS) is 27.9. The maximum absolute atomic E-state index is 11.3. The predicted molar refractivity (Wildman–Crippen MR) is 57.2 cm³/mol. The molecule has 4 nitrogen and oxygen atoms in total. The summed E-state index contributed by atoms with van der Waals surface area (Å²) in [6.45, 7) is 3.86. The van der Waals surface area contributed by atoms with Crippen molar-refractivity contribution in [3.05, 3.63) is 0 Å². The van der Waals surface area contributed by atoms with Gasteiger partial charge in [-0.05, 0) is 33.5 Å². The number of carbonyl (C=O) groups excluding carboxylic acids is 1. The first-order valence-electron chi connectivity index (χ1n) is 5.32. The molecule has 1 fully saturated rings. The molecule has 0 aromatic heterocycles. The molecule has 2 N–H and O–H groups in total. The van der Waals surface area contributed by atoms with Crippen LogP contribution in [-0.2, 0) is 4.79 Å². The lowest BCUT2D eigenvalue weighted by Crippen LogP contribution is -2.58. The minimum absolute atomic E-state index is 0.0101. The van der Waals surface area contributed by atoms with Gasteiger partial charge in [-0.1, -0.05) is 6.92 Å². The molecule has 14 heavy (non-hydrogen) atoms. The summed E-state index contributed by atoms with van der Waals surface area (Å²) in [4.78, 5) is 13.5. The van der Waals surface area contributed by atoms with Gasteiger partial charge in [0.05, 0.1) is 6.04 Å². The number of hydrogen-bond acceptors (Lipinski definition) is 3. The molecule has 0 spiro atoms. The molecule has 1 saturated heterocycles. The van der Waals surface area contributed by atoms with Crippen molar-refractivity contribution in [3.8, 4) is 0 Å². The van der Waals surface area contributed by atoms with Gasteiger partial charge in [-0.15, -0.1) is 0 Å². The summed E-state index contributed by atoms with van der Waals surface area (Å²) in [7, 11) is 4.14. The van der Waals surface area contributed by atoms with Gasteiger partial charge in [-0.25, -0.2) is 0 Å². The lowest BCUT2D eigenvalue weighted by atomic mass is 10.1. The Balaban J connectivity index is 2.31. The molecule has 2 atom stereocenters. The van der Waals surface area contributed by atoms with Crippen molar-refractivity contribution >= 4 is 5.91 Å². The molecule has 0 saturated carbocycles. The zero-order chi connectivity index (χ0) is 10.6. The topological polar surface area (TPSA) is 44.4 Å². The van der Waals surface area contributed by atoms with E-state index < -0.39 is 0 Å². The number of rotatable bonds is 4. The highest BCUT2D eigenvalue weighted by atomic mass is 16.2. The van der Waals surface area contributed by atoms with Gasteiger partial charge in [-0.3, -0.25) is 4.79 Å². The average molecular weight is 199 g/mol. The summed E-state index contributed by atoms with van der Waals surface area (Å²) in [5.41, 5.74) is 0. The number of hydrogen-bond donors (Lipinski definition) is 2. The molecular formula is C10H21N3O. The summed E-state index contributed by atoms with van der Waals surface area (Å²) in [6.07, 6.45) is 1.95. The molecule has 0 radical (unpaired) electrons. The maximum Gasteiger partial charge on any atom is 0.237 e. The highest BCUT2D eigenvalue weighted by Crippen LogP contribution is 2.03. The molecule has 1 aliphatic heterocycles. The number of carbonyl (C=O) groups is 1. The Hall–Kier alpha value is -0.610. The van der Waals surface area contributed by atoms with E-state index in [1.54, 1.807) is 0 Å². The second-order valence-corrected chi connectivity index (χ2v) is 4.16. The molecule has 82 valence electrons. The van der Waals surface area contributed by atoms with E-state index in [-0.39, 0.29) is 11.9 Å². The lowest BCUT2D eigenvalue weighted by Gasteiger charge is -2.31. The van der Waals surface area contributed by atoms with Crippen molar-refractivity contribution in [3.63, 3.8) is 0 Å². The number of nitrogens with one attached hydrogen (secondary N) is 2. The molecule has 2 unspecified atom stereocenters. The smallest absolute Gasteiger partial charge is 0.237 e. The van der Waals surface area contributed by atoms with E-state index in [0.29, 0.717) is 6.04 Å². The monoisotopic (exact) mass is 199 g/mol. The fourth-order valence-corrected chi connectivity index (χ4v) is 1.67. The van der Waals surface area contributed by atoms with E-state index in [4.69, 9.17) is 0 Å². The van der Waals surface area contributed by atoms with Crippen LogP contribution in [0.4, 0.5) is 0 Å². The molecule has 0 bridgehead atoms. The maximum atomic E-state index is 11.3. The van der Waals surface area contributed by atoms with Crippen LogP contribution in [0.3, 0.4) is 0 Å². The van der Waals surface area contributed by atoms with Gasteiger partial charge in [0.15, 0.2) is 0 Å². The Labute approximate surface area is 86.0 Å². The highest BCUT2D eigenvalue weighted by Gasteiger charge is 2.25. The van der Waals surface area contributed by atoms with Gasteiger partial charge >= 0.3 is 0 Å². The van der Waals surface area contributed by atoms with Crippen LogP contribution in [0, 0.1) is 0 Å². The number of piperazine rings is 1. The van der Waals surface area contributed by atoms with Crippen molar-refractivity contribution < 1.29 is 4.79 Å². The van der Waals surface area contributed by atoms with Gasteiger partial charge < -0.3 is 15.5 Å². The standard InChI is InChI=1S/C10H21N3O/c1-4-9-10(14)11-7-8(12-9)5-6-13(2)3/h8-9,12H,4-7H2,1-3H3,(H,11,14). The van der Waals surface area contributed by atoms with Crippen molar-refractivity contribution in [2.45, 2.75) is 31.8 Å². The summed E-state index contributed by atoms with van der Waals surface area (Å²) in [5, 5.41) is 6.31. The van der Waals surface area contributed by atoms with E-state index in [1.807, 2.05) is 6.92 Å². The van der Waals surface area contributed by atoms with Crippen LogP contribution in [0.5, 0.6) is 0 Å². The minimum Gasteiger partial charge on any atom is -0.353 e. The van der Waals surface area contributed by atoms with Crippen LogP contribution in [0.15, 0.2) is 0 Å². The van der Waals surface area contributed by atoms with Gasteiger partial charge in [-0.2, -0.15) is 0 Å². The molecule has 4 heteroatoms. The van der Waals surface area contributed by atoms with Crippen molar-refractivity contribution in [1.29, 1.82) is 0 Å². The van der Waals surface area contributed by atoms with Gasteiger partial charge in [0, 0.05) is 12.6 Å². The fourth-order valence-electron chi connectivity index (χ4n) is 1.67. The second kappa shape index (κ2) is 5.32. The largest absolute Gasteiger partial charge is 0.353 e. The molecule has 0 aromatic carbocycles. The van der Waals surface area contributed by atoms with Gasteiger partial charge in [0.1, 0.15) is 0 Å². The zero-order valence-electron chi connectivity index (χ0n) is 9.34. The van der Waals surface area contributed by atoms with Crippen LogP contribution in [-0.4, -0.2) is 50.1 Å². The lowest BCUT2D eigenvalue weighted by molar-refractivity contribution is -0.125. The fraction of sp³-hybridized carbons (Fsp3) is 0.900. The third kappa shape index (κ3) is 3.27. The first-order valence-corrected chi connectivity index (χ1v) is 5.32. The van der Waals surface area contributed by atoms with Crippen LogP contribution in [0.1, 0.15) is 19.8 Å². The SMILES string of the molecule is CCC1NC(CCN(C)C)CNC1=O. The highest BCUT2D eigenvalue weighted by molar-refractivity contribution is 5.82. The predicted octanol–water partition coefficient (Wildman–Crippen LogP) is -0.195. The summed E-state index contributed by atoms with van der Waals surface area (Å²) in [5.74, 6) is 0.147. The molecular weight excluding hydrogens is 178 g/mol. The van der Waals surface area contributed by atoms with Crippen molar-refractivity contribution in [2.75, 3.05) is 27.2 Å². The van der Waals surface area contributed by atoms with E-state index in [2.05, 4.69) is 29.6 Å². The summed E-state index contributed by atoms with van der Waals surface area (Å²) < 4.78 is 0. The Morgan fingerprint density at radius 1 is 1.50 bits per heavy atom.